The largest absolute Gasteiger partial charge is 0.447 e. The van der Waals surface area contributed by atoms with Crippen molar-refractivity contribution in [3.05, 3.63) is 0 Å². The van der Waals surface area contributed by atoms with Crippen LogP contribution in [0.15, 0.2) is 0 Å². The van der Waals surface area contributed by atoms with Crippen molar-refractivity contribution in [2.75, 3.05) is 46.2 Å². The van der Waals surface area contributed by atoms with Gasteiger partial charge in [0.1, 0.15) is 12.7 Å². The lowest BCUT2D eigenvalue weighted by atomic mass is 10.1. The molecule has 0 fully saturated rings. The number of carbonyl (C=O) groups is 1. The van der Waals surface area contributed by atoms with Crippen LogP contribution in [0.25, 0.3) is 0 Å². The molecular weight excluding hydrogens is 614 g/mol. The number of amides is 1. The van der Waals surface area contributed by atoms with Crippen molar-refractivity contribution in [2.45, 2.75) is 220 Å². The molecule has 0 aliphatic heterocycles. The summed E-state index contributed by atoms with van der Waals surface area (Å²) in [5.74, 6) is 0. The van der Waals surface area contributed by atoms with Crippen molar-refractivity contribution < 1.29 is 28.5 Å². The summed E-state index contributed by atoms with van der Waals surface area (Å²) >= 11 is 0. The molecule has 1 atom stereocenters. The molecule has 7 heteroatoms. The fraction of sp³-hybridized carbons (Fsp3) is 0.976. The lowest BCUT2D eigenvalue weighted by Gasteiger charge is -2.25. The van der Waals surface area contributed by atoms with E-state index >= 15 is 0 Å². The number of carbonyl (C=O) groups excluding carboxylic acids is 1. The first-order valence-corrected chi connectivity index (χ1v) is 21.2. The van der Waals surface area contributed by atoms with Crippen molar-refractivity contribution >= 4 is 6.09 Å². The minimum atomic E-state index is -0.440. The van der Waals surface area contributed by atoms with Crippen LogP contribution in [-0.2, 0) is 23.7 Å². The average Bonchev–Trinajstić information content (AvgIpc) is 3.07. The van der Waals surface area contributed by atoms with Gasteiger partial charge in [-0.25, -0.2) is 4.79 Å². The zero-order valence-electron chi connectivity index (χ0n) is 33.7. The van der Waals surface area contributed by atoms with E-state index in [-0.39, 0.29) is 24.4 Å². The van der Waals surface area contributed by atoms with E-state index in [1.807, 2.05) is 27.7 Å². The molecule has 294 valence electrons. The molecule has 7 nitrogen and oxygen atoms in total. The molecule has 1 amide bonds. The lowest BCUT2D eigenvalue weighted by Crippen LogP contribution is -2.35. The van der Waals surface area contributed by atoms with Crippen LogP contribution in [0.4, 0.5) is 4.79 Å². The van der Waals surface area contributed by atoms with Gasteiger partial charge in [0.15, 0.2) is 0 Å². The average molecular weight is 700 g/mol. The number of unbranched alkanes of at least 4 members (excludes halogenated alkanes) is 22. The van der Waals surface area contributed by atoms with Gasteiger partial charge in [0.05, 0.1) is 24.9 Å². The Labute approximate surface area is 305 Å². The van der Waals surface area contributed by atoms with E-state index in [2.05, 4.69) is 19.2 Å². The van der Waals surface area contributed by atoms with Gasteiger partial charge in [-0.15, -0.1) is 0 Å². The quantitative estimate of drug-likeness (QED) is 0.0644. The normalized spacial score (nSPS) is 12.6. The van der Waals surface area contributed by atoms with Crippen LogP contribution in [0.1, 0.15) is 202 Å². The number of rotatable bonds is 39. The molecule has 0 aliphatic carbocycles. The summed E-state index contributed by atoms with van der Waals surface area (Å²) in [6, 6.07) is 0. The molecule has 0 saturated carbocycles. The van der Waals surface area contributed by atoms with Crippen LogP contribution < -0.4 is 5.32 Å². The topological polar surface area (TPSA) is 75.3 Å². The highest BCUT2D eigenvalue weighted by molar-refractivity contribution is 5.67. The van der Waals surface area contributed by atoms with Crippen LogP contribution in [0, 0.1) is 0 Å². The Balaban J connectivity index is 4.21. The van der Waals surface area contributed by atoms with Crippen molar-refractivity contribution in [3.8, 4) is 0 Å². The highest BCUT2D eigenvalue weighted by Crippen LogP contribution is 2.15. The molecule has 0 radical (unpaired) electrons. The van der Waals surface area contributed by atoms with Crippen LogP contribution >= 0.6 is 0 Å². The summed E-state index contributed by atoms with van der Waals surface area (Å²) in [5, 5.41) is 2.81. The number of ether oxygens (including phenoxy) is 5. The first-order valence-electron chi connectivity index (χ1n) is 21.2. The lowest BCUT2D eigenvalue weighted by molar-refractivity contribution is -0.0505. The van der Waals surface area contributed by atoms with Gasteiger partial charge < -0.3 is 29.0 Å². The zero-order chi connectivity index (χ0) is 36.1. The summed E-state index contributed by atoms with van der Waals surface area (Å²) in [5.41, 5.74) is -0.307. The summed E-state index contributed by atoms with van der Waals surface area (Å²) in [7, 11) is 0. The Morgan fingerprint density at radius 3 is 1.47 bits per heavy atom. The minimum absolute atomic E-state index is 0.196. The Morgan fingerprint density at radius 2 is 1.00 bits per heavy atom. The molecule has 0 saturated heterocycles. The molecule has 1 unspecified atom stereocenters. The van der Waals surface area contributed by atoms with Crippen LogP contribution in [-0.4, -0.2) is 70.1 Å². The van der Waals surface area contributed by atoms with E-state index in [4.69, 9.17) is 23.7 Å². The molecule has 49 heavy (non-hydrogen) atoms. The predicted molar refractivity (Wildman–Crippen MR) is 208 cm³/mol. The highest BCUT2D eigenvalue weighted by Gasteiger charge is 2.19. The first-order chi connectivity index (χ1) is 23.8. The van der Waals surface area contributed by atoms with Gasteiger partial charge in [0.25, 0.3) is 0 Å². The Bertz CT molecular complexity index is 674. The van der Waals surface area contributed by atoms with Gasteiger partial charge in [-0.3, -0.25) is 0 Å². The number of alkyl carbamates (subject to hydrolysis) is 1. The predicted octanol–water partition coefficient (Wildman–Crippen LogP) is 12.1. The van der Waals surface area contributed by atoms with Gasteiger partial charge in [0.2, 0.25) is 0 Å². The third kappa shape index (κ3) is 38.2. The van der Waals surface area contributed by atoms with Crippen molar-refractivity contribution in [3.63, 3.8) is 0 Å². The van der Waals surface area contributed by atoms with Gasteiger partial charge in [-0.2, -0.15) is 0 Å². The van der Waals surface area contributed by atoms with Gasteiger partial charge in [-0.05, 0) is 47.0 Å². The van der Waals surface area contributed by atoms with Crippen LogP contribution in [0.2, 0.25) is 0 Å². The van der Waals surface area contributed by atoms with E-state index < -0.39 is 6.09 Å². The molecule has 0 aromatic rings. The fourth-order valence-corrected chi connectivity index (χ4v) is 5.91. The fourth-order valence-electron chi connectivity index (χ4n) is 5.91. The zero-order valence-corrected chi connectivity index (χ0v) is 33.7. The molecule has 0 aliphatic rings. The second-order valence-electron chi connectivity index (χ2n) is 15.1. The molecule has 0 heterocycles. The standard InChI is InChI=1S/C42H85NO6/c1-7-9-11-13-15-17-19-21-23-25-27-29-33-45-37-40(47-34-30-28-26-24-22-20-18-16-14-12-10-8-2)38-48-41(44)43-32-36-49-42(5,6)31-35-46-39(3)4/h39-40H,7-38H2,1-6H3,(H,43,44). The van der Waals surface area contributed by atoms with Gasteiger partial charge in [-0.1, -0.05) is 155 Å². The number of hydrogen-bond donors (Lipinski definition) is 1. The van der Waals surface area contributed by atoms with E-state index in [0.717, 1.165) is 25.9 Å². The molecule has 0 spiro atoms. The van der Waals surface area contributed by atoms with Crippen molar-refractivity contribution in [1.82, 2.24) is 5.32 Å². The summed E-state index contributed by atoms with van der Waals surface area (Å²) in [6.07, 6.45) is 32.1. The molecule has 0 aromatic carbocycles. The van der Waals surface area contributed by atoms with Crippen LogP contribution in [0.5, 0.6) is 0 Å². The minimum Gasteiger partial charge on any atom is -0.447 e. The Morgan fingerprint density at radius 1 is 0.551 bits per heavy atom. The van der Waals surface area contributed by atoms with E-state index in [1.165, 1.54) is 141 Å². The van der Waals surface area contributed by atoms with E-state index in [1.54, 1.807) is 0 Å². The molecule has 1 N–H and O–H groups in total. The maximum absolute atomic E-state index is 12.4. The summed E-state index contributed by atoms with van der Waals surface area (Å²) in [4.78, 5) is 12.4. The SMILES string of the molecule is CCCCCCCCCCCCCCOCC(COC(=O)NCCOC(C)(C)CCOC(C)C)OCCCCCCCCCCCCCC. The van der Waals surface area contributed by atoms with Gasteiger partial charge >= 0.3 is 6.09 Å². The molecule has 0 aromatic heterocycles. The Kier molecular flexibility index (Phi) is 36.2. The third-order valence-corrected chi connectivity index (χ3v) is 9.22. The number of nitrogens with one attached hydrogen (secondary N) is 1. The number of hydrogen-bond acceptors (Lipinski definition) is 6. The summed E-state index contributed by atoms with van der Waals surface area (Å²) in [6.45, 7) is 16.3. The molecule has 0 bridgehead atoms. The van der Waals surface area contributed by atoms with Crippen molar-refractivity contribution in [1.29, 1.82) is 0 Å². The third-order valence-electron chi connectivity index (χ3n) is 9.22. The van der Waals surface area contributed by atoms with Crippen molar-refractivity contribution in [2.24, 2.45) is 0 Å². The summed E-state index contributed by atoms with van der Waals surface area (Å²) < 4.78 is 29.3. The van der Waals surface area contributed by atoms with E-state index in [9.17, 15) is 4.79 Å². The smallest absolute Gasteiger partial charge is 0.407 e. The Hall–Kier alpha value is -0.890. The monoisotopic (exact) mass is 700 g/mol. The van der Waals surface area contributed by atoms with E-state index in [0.29, 0.717) is 33.0 Å². The second-order valence-corrected chi connectivity index (χ2v) is 15.1. The van der Waals surface area contributed by atoms with Crippen LogP contribution in [0.3, 0.4) is 0 Å². The highest BCUT2D eigenvalue weighted by atomic mass is 16.6. The second kappa shape index (κ2) is 36.9. The van der Waals surface area contributed by atoms with Gasteiger partial charge in [0, 0.05) is 26.4 Å². The molecule has 0 rings (SSSR count). The molecular formula is C42H85NO6. The maximum atomic E-state index is 12.4. The maximum Gasteiger partial charge on any atom is 0.407 e. The first kappa shape index (κ1) is 48.1.